The summed E-state index contributed by atoms with van der Waals surface area (Å²) in [6.45, 7) is 5.49. The molecule has 1 atom stereocenters. The highest BCUT2D eigenvalue weighted by Crippen LogP contribution is 2.32. The van der Waals surface area contributed by atoms with Gasteiger partial charge in [0.25, 0.3) is 0 Å². The van der Waals surface area contributed by atoms with Crippen molar-refractivity contribution in [2.45, 2.75) is 58.4 Å². The van der Waals surface area contributed by atoms with Gasteiger partial charge in [-0.25, -0.2) is 0 Å². The molecule has 1 aliphatic carbocycles. The number of rotatable bonds is 6. The van der Waals surface area contributed by atoms with Crippen LogP contribution in [-0.2, 0) is 0 Å². The molecule has 1 nitrogen and oxygen atoms in total. The normalized spacial score (nSPS) is 18.7. The Hall–Kier alpha value is -0.340. The van der Waals surface area contributed by atoms with E-state index in [1.165, 1.54) is 49.0 Å². The smallest absolute Gasteiger partial charge is 0.0328 e. The minimum atomic E-state index is 0.588. The second-order valence-corrected chi connectivity index (χ2v) is 6.44. The van der Waals surface area contributed by atoms with Gasteiger partial charge < -0.3 is 5.32 Å². The van der Waals surface area contributed by atoms with Crippen LogP contribution in [0, 0.1) is 12.8 Å². The topological polar surface area (TPSA) is 12.0 Å². The lowest BCUT2D eigenvalue weighted by Crippen LogP contribution is -2.21. The summed E-state index contributed by atoms with van der Waals surface area (Å²) in [5.41, 5.74) is 1.51. The van der Waals surface area contributed by atoms with Gasteiger partial charge in [-0.05, 0) is 49.2 Å². The Morgan fingerprint density at radius 2 is 2.18 bits per heavy atom. The Morgan fingerprint density at radius 1 is 1.41 bits per heavy atom. The van der Waals surface area contributed by atoms with Gasteiger partial charge in [0, 0.05) is 10.9 Å². The van der Waals surface area contributed by atoms with Crippen LogP contribution in [0.3, 0.4) is 0 Å². The maximum Gasteiger partial charge on any atom is 0.0328 e. The summed E-state index contributed by atoms with van der Waals surface area (Å²) in [5.74, 6) is 1.01. The van der Waals surface area contributed by atoms with Gasteiger partial charge >= 0.3 is 0 Å². The fourth-order valence-electron chi connectivity index (χ4n) is 2.98. The first-order valence-electron chi connectivity index (χ1n) is 7.08. The van der Waals surface area contributed by atoms with Gasteiger partial charge in [0.05, 0.1) is 0 Å². The van der Waals surface area contributed by atoms with Gasteiger partial charge in [0.1, 0.15) is 0 Å². The quantitative estimate of drug-likeness (QED) is 0.774. The van der Waals surface area contributed by atoms with E-state index in [4.69, 9.17) is 0 Å². The Morgan fingerprint density at radius 3 is 2.76 bits per heavy atom. The summed E-state index contributed by atoms with van der Waals surface area (Å²) in [6, 6.07) is 2.94. The lowest BCUT2D eigenvalue weighted by molar-refractivity contribution is 0.417. The van der Waals surface area contributed by atoms with Gasteiger partial charge in [0.2, 0.25) is 0 Å². The summed E-state index contributed by atoms with van der Waals surface area (Å²) < 4.78 is 0. The molecule has 0 radical (unpaired) electrons. The van der Waals surface area contributed by atoms with E-state index in [9.17, 15) is 0 Å². The summed E-state index contributed by atoms with van der Waals surface area (Å²) in [4.78, 5) is 1.43. The van der Waals surface area contributed by atoms with E-state index < -0.39 is 0 Å². The van der Waals surface area contributed by atoms with Crippen LogP contribution >= 0.6 is 11.3 Å². The first kappa shape index (κ1) is 13.1. The third-order valence-electron chi connectivity index (χ3n) is 3.94. The highest BCUT2D eigenvalue weighted by Gasteiger charge is 2.18. The van der Waals surface area contributed by atoms with Crippen molar-refractivity contribution >= 4 is 11.3 Å². The van der Waals surface area contributed by atoms with Crippen LogP contribution in [0.25, 0.3) is 0 Å². The molecule has 0 saturated heterocycles. The molecule has 2 rings (SSSR count). The molecule has 1 saturated carbocycles. The maximum atomic E-state index is 3.64. The van der Waals surface area contributed by atoms with E-state index in [1.807, 2.05) is 11.3 Å². The van der Waals surface area contributed by atoms with Crippen molar-refractivity contribution in [2.24, 2.45) is 5.92 Å². The summed E-state index contributed by atoms with van der Waals surface area (Å²) >= 11 is 1.88. The zero-order chi connectivity index (χ0) is 12.1. The molecule has 1 unspecified atom stereocenters. The second kappa shape index (κ2) is 6.55. The van der Waals surface area contributed by atoms with Gasteiger partial charge in [-0.1, -0.05) is 32.6 Å². The molecular formula is C15H25NS. The van der Waals surface area contributed by atoms with Crippen LogP contribution in [0.2, 0.25) is 0 Å². The van der Waals surface area contributed by atoms with Crippen molar-refractivity contribution in [3.05, 3.63) is 21.9 Å². The number of nitrogens with one attached hydrogen (secondary N) is 1. The van der Waals surface area contributed by atoms with Crippen LogP contribution < -0.4 is 5.32 Å². The third-order valence-corrected chi connectivity index (χ3v) is 4.82. The van der Waals surface area contributed by atoms with E-state index >= 15 is 0 Å². The van der Waals surface area contributed by atoms with Gasteiger partial charge in [-0.15, -0.1) is 11.3 Å². The standard InChI is InChI=1S/C15H25NS/c1-3-16-15(14-10-12(2)17-11-14)9-8-13-6-4-5-7-13/h10-11,13,15-16H,3-9H2,1-2H3. The van der Waals surface area contributed by atoms with Gasteiger partial charge in [-0.3, -0.25) is 0 Å². The number of aryl methyl sites for hydroxylation is 1. The van der Waals surface area contributed by atoms with Crippen LogP contribution in [0.4, 0.5) is 0 Å². The molecule has 1 fully saturated rings. The molecule has 1 aromatic rings. The SMILES string of the molecule is CCNC(CCC1CCCC1)c1csc(C)c1. The van der Waals surface area contributed by atoms with E-state index in [2.05, 4.69) is 30.6 Å². The number of hydrogen-bond acceptors (Lipinski definition) is 2. The predicted molar refractivity (Wildman–Crippen MR) is 76.7 cm³/mol. The lowest BCUT2D eigenvalue weighted by atomic mass is 9.96. The van der Waals surface area contributed by atoms with Gasteiger partial charge in [0.15, 0.2) is 0 Å². The zero-order valence-corrected chi connectivity index (χ0v) is 12.0. The van der Waals surface area contributed by atoms with Crippen molar-refractivity contribution in [3.63, 3.8) is 0 Å². The minimum Gasteiger partial charge on any atom is -0.310 e. The summed E-state index contributed by atoms with van der Waals surface area (Å²) in [7, 11) is 0. The van der Waals surface area contributed by atoms with Crippen molar-refractivity contribution in [1.29, 1.82) is 0 Å². The summed E-state index contributed by atoms with van der Waals surface area (Å²) in [6.07, 6.45) is 8.60. The Labute approximate surface area is 110 Å². The number of hydrogen-bond donors (Lipinski definition) is 1. The first-order valence-corrected chi connectivity index (χ1v) is 7.96. The highest BCUT2D eigenvalue weighted by molar-refractivity contribution is 7.10. The van der Waals surface area contributed by atoms with E-state index in [-0.39, 0.29) is 0 Å². The molecule has 1 N–H and O–H groups in total. The minimum absolute atomic E-state index is 0.588. The molecule has 1 aromatic heterocycles. The van der Waals surface area contributed by atoms with Crippen LogP contribution in [0.15, 0.2) is 11.4 Å². The Balaban J connectivity index is 1.87. The van der Waals surface area contributed by atoms with Crippen LogP contribution in [0.1, 0.15) is 61.9 Å². The second-order valence-electron chi connectivity index (χ2n) is 5.33. The maximum absolute atomic E-state index is 3.64. The van der Waals surface area contributed by atoms with Crippen molar-refractivity contribution in [1.82, 2.24) is 5.32 Å². The Bertz CT molecular complexity index is 325. The van der Waals surface area contributed by atoms with Crippen LogP contribution in [-0.4, -0.2) is 6.54 Å². The van der Waals surface area contributed by atoms with E-state index in [0.717, 1.165) is 12.5 Å². The molecule has 1 heterocycles. The zero-order valence-electron chi connectivity index (χ0n) is 11.2. The lowest BCUT2D eigenvalue weighted by Gasteiger charge is -2.19. The predicted octanol–water partition coefficient (Wildman–Crippen LogP) is 4.68. The number of thiophene rings is 1. The molecule has 0 aromatic carbocycles. The molecule has 2 heteroatoms. The molecule has 17 heavy (non-hydrogen) atoms. The van der Waals surface area contributed by atoms with Crippen molar-refractivity contribution < 1.29 is 0 Å². The summed E-state index contributed by atoms with van der Waals surface area (Å²) in [5, 5.41) is 5.97. The van der Waals surface area contributed by atoms with Crippen molar-refractivity contribution in [2.75, 3.05) is 6.54 Å². The first-order chi connectivity index (χ1) is 8.29. The fraction of sp³-hybridized carbons (Fsp3) is 0.733. The Kier molecular flexibility index (Phi) is 5.05. The molecular weight excluding hydrogens is 226 g/mol. The average molecular weight is 251 g/mol. The molecule has 0 amide bonds. The molecule has 0 spiro atoms. The van der Waals surface area contributed by atoms with Gasteiger partial charge in [-0.2, -0.15) is 0 Å². The van der Waals surface area contributed by atoms with Crippen molar-refractivity contribution in [3.8, 4) is 0 Å². The molecule has 0 bridgehead atoms. The highest BCUT2D eigenvalue weighted by atomic mass is 32.1. The molecule has 1 aliphatic rings. The fourth-order valence-corrected chi connectivity index (χ4v) is 3.74. The molecule has 0 aliphatic heterocycles. The average Bonchev–Trinajstić information content (AvgIpc) is 2.95. The monoisotopic (exact) mass is 251 g/mol. The van der Waals surface area contributed by atoms with Crippen LogP contribution in [0.5, 0.6) is 0 Å². The third kappa shape index (κ3) is 3.82. The molecule has 96 valence electrons. The van der Waals surface area contributed by atoms with E-state index in [1.54, 1.807) is 0 Å². The van der Waals surface area contributed by atoms with E-state index in [0.29, 0.717) is 6.04 Å². The largest absolute Gasteiger partial charge is 0.310 e.